The van der Waals surface area contributed by atoms with E-state index in [4.69, 9.17) is 9.47 Å². The summed E-state index contributed by atoms with van der Waals surface area (Å²) < 4.78 is 11.9. The van der Waals surface area contributed by atoms with E-state index in [1.807, 2.05) is 43.3 Å². The summed E-state index contributed by atoms with van der Waals surface area (Å²) in [5.74, 6) is 2.09. The van der Waals surface area contributed by atoms with Gasteiger partial charge in [-0.1, -0.05) is 60.7 Å². The van der Waals surface area contributed by atoms with Gasteiger partial charge in [-0.2, -0.15) is 0 Å². The first-order chi connectivity index (χ1) is 15.2. The second kappa shape index (κ2) is 10.5. The van der Waals surface area contributed by atoms with Crippen LogP contribution >= 0.6 is 0 Å². The van der Waals surface area contributed by atoms with Crippen molar-refractivity contribution in [1.82, 2.24) is 5.32 Å². The number of hydrogen-bond donors (Lipinski definition) is 2. The van der Waals surface area contributed by atoms with E-state index in [2.05, 4.69) is 47.8 Å². The summed E-state index contributed by atoms with van der Waals surface area (Å²) >= 11 is 0. The third-order valence-corrected chi connectivity index (χ3v) is 5.91. The van der Waals surface area contributed by atoms with Gasteiger partial charge in [-0.25, -0.2) is 0 Å². The molecule has 1 aliphatic heterocycles. The molecule has 0 amide bonds. The number of para-hydroxylation sites is 2. The average molecular weight is 418 g/mol. The molecule has 1 aliphatic rings. The predicted molar refractivity (Wildman–Crippen MR) is 124 cm³/mol. The predicted octanol–water partition coefficient (Wildman–Crippen LogP) is 4.91. The van der Waals surface area contributed by atoms with E-state index in [0.29, 0.717) is 19.1 Å². The maximum absolute atomic E-state index is 10.4. The molecule has 4 nitrogen and oxygen atoms in total. The fraction of sp³-hybridized carbons (Fsp3) is 0.333. The lowest BCUT2D eigenvalue weighted by Gasteiger charge is -2.22. The summed E-state index contributed by atoms with van der Waals surface area (Å²) in [5.41, 5.74) is 3.88. The molecule has 0 fully saturated rings. The van der Waals surface area contributed by atoms with Crippen molar-refractivity contribution in [3.05, 3.63) is 95.6 Å². The van der Waals surface area contributed by atoms with Crippen LogP contribution in [0.3, 0.4) is 0 Å². The second-order valence-electron chi connectivity index (χ2n) is 8.13. The van der Waals surface area contributed by atoms with Crippen LogP contribution in [0, 0.1) is 0 Å². The van der Waals surface area contributed by atoms with Crippen LogP contribution < -0.4 is 14.8 Å². The monoisotopic (exact) mass is 417 g/mol. The van der Waals surface area contributed by atoms with Gasteiger partial charge >= 0.3 is 0 Å². The van der Waals surface area contributed by atoms with Crippen molar-refractivity contribution in [2.24, 2.45) is 0 Å². The first kappa shape index (κ1) is 21.4. The number of hydrogen-bond acceptors (Lipinski definition) is 4. The lowest BCUT2D eigenvalue weighted by molar-refractivity contribution is 0.0477. The van der Waals surface area contributed by atoms with Gasteiger partial charge in [-0.15, -0.1) is 0 Å². The summed E-state index contributed by atoms with van der Waals surface area (Å²) in [6.07, 6.45) is 1.20. The van der Waals surface area contributed by atoms with Gasteiger partial charge in [0.15, 0.2) is 0 Å². The van der Waals surface area contributed by atoms with Crippen LogP contribution in [0.15, 0.2) is 78.9 Å². The van der Waals surface area contributed by atoms with Crippen molar-refractivity contribution in [3.63, 3.8) is 0 Å². The first-order valence-corrected chi connectivity index (χ1v) is 11.1. The molecular formula is C27H31NO3. The van der Waals surface area contributed by atoms with E-state index in [1.165, 1.54) is 16.7 Å². The highest BCUT2D eigenvalue weighted by atomic mass is 16.5. The van der Waals surface area contributed by atoms with Crippen LogP contribution in [0.4, 0.5) is 0 Å². The number of rotatable bonds is 9. The van der Waals surface area contributed by atoms with E-state index in [0.717, 1.165) is 30.9 Å². The summed E-state index contributed by atoms with van der Waals surface area (Å²) in [5, 5.41) is 13.8. The largest absolute Gasteiger partial charge is 0.489 e. The maximum Gasteiger partial charge on any atom is 0.123 e. The van der Waals surface area contributed by atoms with Crippen molar-refractivity contribution in [2.75, 3.05) is 13.1 Å². The van der Waals surface area contributed by atoms with Gasteiger partial charge in [0, 0.05) is 18.0 Å². The molecule has 4 rings (SSSR count). The average Bonchev–Trinajstić information content (AvgIpc) is 2.96. The molecule has 2 N–H and O–H groups in total. The van der Waals surface area contributed by atoms with Crippen LogP contribution in [-0.2, 0) is 6.61 Å². The zero-order chi connectivity index (χ0) is 21.5. The number of fused-ring (bicyclic) bond motifs is 2. The topological polar surface area (TPSA) is 50.7 Å². The minimum atomic E-state index is -0.562. The minimum Gasteiger partial charge on any atom is -0.489 e. The Kier molecular flexibility index (Phi) is 7.23. The quantitative estimate of drug-likeness (QED) is 0.486. The van der Waals surface area contributed by atoms with Crippen LogP contribution in [0.5, 0.6) is 11.5 Å². The van der Waals surface area contributed by atoms with E-state index in [-0.39, 0.29) is 6.10 Å². The van der Waals surface area contributed by atoms with E-state index >= 15 is 0 Å². The molecule has 0 aliphatic carbocycles. The van der Waals surface area contributed by atoms with Gasteiger partial charge in [-0.3, -0.25) is 0 Å². The van der Waals surface area contributed by atoms with Crippen molar-refractivity contribution in [3.8, 4) is 11.5 Å². The van der Waals surface area contributed by atoms with E-state index < -0.39 is 6.10 Å². The molecule has 162 valence electrons. The van der Waals surface area contributed by atoms with Gasteiger partial charge in [0.25, 0.3) is 0 Å². The molecule has 0 bridgehead atoms. The number of aliphatic hydroxyl groups excluding tert-OH is 1. The Morgan fingerprint density at radius 2 is 1.68 bits per heavy atom. The van der Waals surface area contributed by atoms with Crippen LogP contribution in [-0.4, -0.2) is 30.4 Å². The molecule has 31 heavy (non-hydrogen) atoms. The highest BCUT2D eigenvalue weighted by Gasteiger charge is 2.24. The first-order valence-electron chi connectivity index (χ1n) is 11.1. The van der Waals surface area contributed by atoms with Gasteiger partial charge in [0.05, 0.1) is 0 Å². The van der Waals surface area contributed by atoms with Crippen molar-refractivity contribution in [2.45, 2.75) is 44.5 Å². The molecule has 3 atom stereocenters. The Morgan fingerprint density at radius 3 is 2.52 bits per heavy atom. The van der Waals surface area contributed by atoms with Gasteiger partial charge in [0.1, 0.15) is 30.3 Å². The van der Waals surface area contributed by atoms with Crippen LogP contribution in [0.25, 0.3) is 0 Å². The molecule has 3 aromatic carbocycles. The lowest BCUT2D eigenvalue weighted by atomic mass is 9.85. The standard InChI is InChI=1S/C27H31NO3/c1-20(31-22-11-3-2-4-12-22)26(29)18-28-17-9-15-24-23-13-6-5-10-21(23)19-30-27-16-8-7-14-25(24)27/h2-8,10-14,16,20,24,26,28-29H,9,15,17-19H2,1H3. The summed E-state index contributed by atoms with van der Waals surface area (Å²) in [4.78, 5) is 0. The lowest BCUT2D eigenvalue weighted by Crippen LogP contribution is -2.38. The molecular weight excluding hydrogens is 386 g/mol. The summed E-state index contributed by atoms with van der Waals surface area (Å²) in [6.45, 7) is 3.87. The number of benzene rings is 3. The van der Waals surface area contributed by atoms with E-state index in [9.17, 15) is 5.11 Å². The molecule has 0 aromatic heterocycles. The van der Waals surface area contributed by atoms with Crippen molar-refractivity contribution in [1.29, 1.82) is 0 Å². The Labute approximate surface area is 184 Å². The highest BCUT2D eigenvalue weighted by Crippen LogP contribution is 2.39. The fourth-order valence-electron chi connectivity index (χ4n) is 4.18. The Hall–Kier alpha value is -2.82. The molecule has 1 heterocycles. The molecule has 0 saturated heterocycles. The minimum absolute atomic E-state index is 0.271. The SMILES string of the molecule is CC(Oc1ccccc1)C(O)CNCCCC1c2ccccc2COc2ccccc21. The second-order valence-corrected chi connectivity index (χ2v) is 8.13. The zero-order valence-electron chi connectivity index (χ0n) is 18.0. The highest BCUT2D eigenvalue weighted by molar-refractivity contribution is 5.46. The van der Waals surface area contributed by atoms with Gasteiger partial charge < -0.3 is 19.9 Å². The normalized spacial score (nSPS) is 16.9. The van der Waals surface area contributed by atoms with Gasteiger partial charge in [-0.05, 0) is 55.6 Å². The number of nitrogens with one attached hydrogen (secondary N) is 1. The molecule has 0 saturated carbocycles. The Morgan fingerprint density at radius 1 is 0.968 bits per heavy atom. The molecule has 3 unspecified atom stereocenters. The van der Waals surface area contributed by atoms with Crippen molar-refractivity contribution < 1.29 is 14.6 Å². The van der Waals surface area contributed by atoms with Crippen LogP contribution in [0.1, 0.15) is 42.4 Å². The Balaban J connectivity index is 1.30. The van der Waals surface area contributed by atoms with Gasteiger partial charge in [0.2, 0.25) is 0 Å². The van der Waals surface area contributed by atoms with Crippen LogP contribution in [0.2, 0.25) is 0 Å². The molecule has 0 radical (unpaired) electrons. The maximum atomic E-state index is 10.4. The molecule has 4 heteroatoms. The smallest absolute Gasteiger partial charge is 0.123 e. The zero-order valence-corrected chi connectivity index (χ0v) is 18.0. The third-order valence-electron chi connectivity index (χ3n) is 5.91. The number of aliphatic hydroxyl groups is 1. The summed E-state index contributed by atoms with van der Waals surface area (Å²) in [6, 6.07) is 26.6. The van der Waals surface area contributed by atoms with E-state index in [1.54, 1.807) is 0 Å². The third kappa shape index (κ3) is 5.46. The Bertz CT molecular complexity index is 912. The number of ether oxygens (including phenoxy) is 2. The molecule has 0 spiro atoms. The summed E-state index contributed by atoms with van der Waals surface area (Å²) in [7, 11) is 0. The molecule has 3 aromatic rings. The van der Waals surface area contributed by atoms with Crippen molar-refractivity contribution >= 4 is 0 Å². The fourth-order valence-corrected chi connectivity index (χ4v) is 4.18.